The number of anilines is 2. The molecule has 0 amide bonds. The second-order valence-corrected chi connectivity index (χ2v) is 14.5. The molecule has 5 saturated heterocycles. The van der Waals surface area contributed by atoms with E-state index >= 15 is 26.3 Å². The summed E-state index contributed by atoms with van der Waals surface area (Å²) < 4.78 is 133. The molecule has 2 N–H and O–H groups in total. The number of nitrogen functional groups attached to an aromatic ring is 1. The van der Waals surface area contributed by atoms with E-state index in [2.05, 4.69) is 9.97 Å². The number of aromatic nitrogens is 2. The third-order valence-corrected chi connectivity index (χ3v) is 11.6. The standard InChI is InChI=1S/C33H28F8N6O2S/c1-14-22-7-16(49-22)12-47(14)29-18-8-20(32(36,37)38)24(17-3-4-21(35)27-23(17)19(10-42)28(43)50-27)25(33(39,40)41)26(18)44-30(45-29)48-13-31-5-2-6-46(31)11-15(34)9-31/h3-4,8,14-16,22H,2,5-7,9,11-13,43H2,1H3/t14-,15-,16+,22-,31+/m1/s1. The molecule has 0 unspecified atom stereocenters. The molecule has 0 saturated carbocycles. The Hall–Kier alpha value is -4.01. The summed E-state index contributed by atoms with van der Waals surface area (Å²) in [5.74, 6) is -1.16. The number of nitrogens with two attached hydrogens (primary N) is 1. The van der Waals surface area contributed by atoms with Crippen molar-refractivity contribution < 1.29 is 44.6 Å². The molecule has 8 nitrogen and oxygen atoms in total. The van der Waals surface area contributed by atoms with Gasteiger partial charge in [-0.25, -0.2) is 8.78 Å². The van der Waals surface area contributed by atoms with E-state index in [1.54, 1.807) is 17.9 Å². The Balaban J connectivity index is 1.42. The number of benzene rings is 2. The number of nitrogens with zero attached hydrogens (tertiary/aromatic N) is 5. The Bertz CT molecular complexity index is 2090. The molecule has 9 rings (SSSR count). The molecule has 2 aromatic heterocycles. The Labute approximate surface area is 283 Å². The van der Waals surface area contributed by atoms with E-state index in [4.69, 9.17) is 15.2 Å². The van der Waals surface area contributed by atoms with Crippen molar-refractivity contribution in [1.82, 2.24) is 14.9 Å². The van der Waals surface area contributed by atoms with Crippen molar-refractivity contribution in [1.29, 1.82) is 5.26 Å². The number of thiophene rings is 1. The normalized spacial score (nSPS) is 26.8. The van der Waals surface area contributed by atoms with E-state index in [9.17, 15) is 14.0 Å². The SMILES string of the molecule is C[C@@H]1[C@H]2C[C@@H](CN1c1nc(OC[C@@]34CCCN3C[C@H](F)C4)nc3c(C(F)(F)F)c(-c4ccc(F)c5sc(N)c(C#N)c45)c(C(F)(F)F)cc13)O2. The molecule has 4 aromatic rings. The number of rotatable bonds is 5. The smallest absolute Gasteiger partial charge is 0.419 e. The highest BCUT2D eigenvalue weighted by Gasteiger charge is 2.51. The summed E-state index contributed by atoms with van der Waals surface area (Å²) in [6.45, 7) is 2.55. The van der Waals surface area contributed by atoms with Gasteiger partial charge in [0, 0.05) is 42.3 Å². The Kier molecular flexibility index (Phi) is 7.46. The third-order valence-electron chi connectivity index (χ3n) is 10.5. The van der Waals surface area contributed by atoms with Crippen LogP contribution in [0.5, 0.6) is 6.01 Å². The maximum Gasteiger partial charge on any atom is 0.419 e. The van der Waals surface area contributed by atoms with Gasteiger partial charge in [-0.15, -0.1) is 11.3 Å². The summed E-state index contributed by atoms with van der Waals surface area (Å²) in [5, 5.41) is 8.56. The highest BCUT2D eigenvalue weighted by atomic mass is 32.1. The Morgan fingerprint density at radius 3 is 2.60 bits per heavy atom. The van der Waals surface area contributed by atoms with Gasteiger partial charge in [-0.2, -0.15) is 41.6 Å². The molecule has 0 radical (unpaired) electrons. The minimum absolute atomic E-state index is 0.143. The zero-order valence-corrected chi connectivity index (χ0v) is 27.1. The average Bonchev–Trinajstić information content (AvgIpc) is 3.67. The summed E-state index contributed by atoms with van der Waals surface area (Å²) in [7, 11) is 0. The van der Waals surface area contributed by atoms with Crippen LogP contribution in [0.4, 0.5) is 45.9 Å². The lowest BCUT2D eigenvalue weighted by Gasteiger charge is -2.52. The lowest BCUT2D eigenvalue weighted by molar-refractivity contribution is -0.151. The first-order valence-electron chi connectivity index (χ1n) is 16.0. The van der Waals surface area contributed by atoms with Gasteiger partial charge in [-0.1, -0.05) is 6.07 Å². The van der Waals surface area contributed by atoms with Gasteiger partial charge in [0.1, 0.15) is 35.5 Å². The van der Waals surface area contributed by atoms with Gasteiger partial charge in [0.05, 0.1) is 50.7 Å². The largest absolute Gasteiger partial charge is 0.461 e. The quantitative estimate of drug-likeness (QED) is 0.212. The van der Waals surface area contributed by atoms with Crippen molar-refractivity contribution in [2.24, 2.45) is 0 Å². The topological polar surface area (TPSA) is 101 Å². The first-order chi connectivity index (χ1) is 23.6. The van der Waals surface area contributed by atoms with Gasteiger partial charge in [-0.3, -0.25) is 4.90 Å². The second-order valence-electron chi connectivity index (χ2n) is 13.4. The fourth-order valence-corrected chi connectivity index (χ4v) is 9.19. The van der Waals surface area contributed by atoms with E-state index in [0.717, 1.165) is 18.6 Å². The minimum Gasteiger partial charge on any atom is -0.461 e. The predicted octanol–water partition coefficient (Wildman–Crippen LogP) is 7.46. The summed E-state index contributed by atoms with van der Waals surface area (Å²) in [6.07, 6.45) is -10.4. The van der Waals surface area contributed by atoms with Gasteiger partial charge in [0.15, 0.2) is 0 Å². The number of nitriles is 1. The molecule has 2 bridgehead atoms. The minimum atomic E-state index is -5.46. The molecule has 17 heteroatoms. The van der Waals surface area contributed by atoms with Crippen LogP contribution in [0.15, 0.2) is 18.2 Å². The van der Waals surface area contributed by atoms with Crippen molar-refractivity contribution in [3.05, 3.63) is 40.7 Å². The Morgan fingerprint density at radius 1 is 1.16 bits per heavy atom. The fraction of sp³-hybridized carbons (Fsp3) is 0.485. The molecule has 7 heterocycles. The Morgan fingerprint density at radius 2 is 1.92 bits per heavy atom. The zero-order valence-electron chi connectivity index (χ0n) is 26.3. The van der Waals surface area contributed by atoms with Gasteiger partial charge in [0.25, 0.3) is 0 Å². The monoisotopic (exact) mass is 724 g/mol. The highest BCUT2D eigenvalue weighted by molar-refractivity contribution is 7.23. The van der Waals surface area contributed by atoms with E-state index in [-0.39, 0.29) is 53.8 Å². The summed E-state index contributed by atoms with van der Waals surface area (Å²) >= 11 is 0.546. The molecular formula is C33H28F8N6O2S. The number of morpholine rings is 1. The highest BCUT2D eigenvalue weighted by Crippen LogP contribution is 2.53. The van der Waals surface area contributed by atoms with E-state index in [1.165, 1.54) is 0 Å². The van der Waals surface area contributed by atoms with Crippen LogP contribution in [0.2, 0.25) is 0 Å². The number of hydrogen-bond acceptors (Lipinski definition) is 9. The van der Waals surface area contributed by atoms with Crippen LogP contribution in [-0.4, -0.2) is 71.1 Å². The molecule has 5 aliphatic heterocycles. The maximum absolute atomic E-state index is 15.5. The second kappa shape index (κ2) is 11.2. The number of alkyl halides is 7. The van der Waals surface area contributed by atoms with Gasteiger partial charge in [0.2, 0.25) is 0 Å². The number of ether oxygens (including phenoxy) is 2. The van der Waals surface area contributed by atoms with E-state index in [1.807, 2.05) is 4.90 Å². The molecular weight excluding hydrogens is 696 g/mol. The molecule has 50 heavy (non-hydrogen) atoms. The summed E-state index contributed by atoms with van der Waals surface area (Å²) in [6, 6.07) is 2.83. The molecule has 5 fully saturated rings. The summed E-state index contributed by atoms with van der Waals surface area (Å²) in [5.41, 5.74) is -1.59. The maximum atomic E-state index is 15.5. The van der Waals surface area contributed by atoms with Crippen LogP contribution in [-0.2, 0) is 17.1 Å². The van der Waals surface area contributed by atoms with Crippen molar-refractivity contribution in [3.8, 4) is 23.2 Å². The molecule has 2 aromatic carbocycles. The van der Waals surface area contributed by atoms with Crippen LogP contribution in [0.25, 0.3) is 32.1 Å². The lowest BCUT2D eigenvalue weighted by Crippen LogP contribution is -2.62. The number of hydrogen-bond donors (Lipinski definition) is 1. The van der Waals surface area contributed by atoms with Crippen LogP contribution in [0, 0.1) is 17.1 Å². The predicted molar refractivity (Wildman–Crippen MR) is 168 cm³/mol. The van der Waals surface area contributed by atoms with E-state index < -0.39 is 86.0 Å². The van der Waals surface area contributed by atoms with Crippen LogP contribution in [0.3, 0.4) is 0 Å². The lowest BCUT2D eigenvalue weighted by atomic mass is 9.87. The summed E-state index contributed by atoms with van der Waals surface area (Å²) in [4.78, 5) is 12.1. The molecule has 264 valence electrons. The van der Waals surface area contributed by atoms with Crippen LogP contribution >= 0.6 is 11.3 Å². The van der Waals surface area contributed by atoms with Gasteiger partial charge >= 0.3 is 18.4 Å². The van der Waals surface area contributed by atoms with Crippen LogP contribution < -0.4 is 15.4 Å². The first-order valence-corrected chi connectivity index (χ1v) is 16.8. The molecule has 0 aliphatic carbocycles. The average molecular weight is 725 g/mol. The van der Waals surface area contributed by atoms with Crippen LogP contribution in [0.1, 0.15) is 49.3 Å². The third kappa shape index (κ3) is 5.04. The molecule has 5 aliphatic rings. The van der Waals surface area contributed by atoms with E-state index in [0.29, 0.717) is 36.8 Å². The van der Waals surface area contributed by atoms with Crippen molar-refractivity contribution in [3.63, 3.8) is 0 Å². The number of fused-ring (bicyclic) bond motifs is 5. The van der Waals surface area contributed by atoms with Gasteiger partial charge < -0.3 is 20.1 Å². The zero-order chi connectivity index (χ0) is 35.5. The number of piperidine rings is 1. The van der Waals surface area contributed by atoms with Gasteiger partial charge in [-0.05, 0) is 44.0 Å². The number of halogens is 8. The first kappa shape index (κ1) is 33.2. The molecule has 5 atom stereocenters. The fourth-order valence-electron chi connectivity index (χ4n) is 8.24. The van der Waals surface area contributed by atoms with Crippen molar-refractivity contribution >= 4 is 43.1 Å². The van der Waals surface area contributed by atoms with Crippen molar-refractivity contribution in [2.75, 3.05) is 36.9 Å². The molecule has 0 spiro atoms. The van der Waals surface area contributed by atoms with Crippen molar-refractivity contribution in [2.45, 2.75) is 74.9 Å².